The molecule has 9 heteroatoms. The summed E-state index contributed by atoms with van der Waals surface area (Å²) in [6.07, 6.45) is 0.0717. The van der Waals surface area contributed by atoms with E-state index in [-0.39, 0.29) is 18.3 Å². The van der Waals surface area contributed by atoms with Crippen LogP contribution in [0.25, 0.3) is 0 Å². The van der Waals surface area contributed by atoms with Gasteiger partial charge in [0.05, 0.1) is 12.4 Å². The Hall–Kier alpha value is -2.42. The standard InChI is InChI=1S/C18H26N2O6S/c1-14(17-10-6-4-7-11-17)26-18(23)20-27(24,19-15(2)21)13-9-5-8-12-25-16(3)22/h4,6-7,10-11,14H,5,8-9,12-13H2,1-3H3,(H,19,20,21,23,24)/t14-,27?/m0/s1. The molecular formula is C18H26N2O6S. The van der Waals surface area contributed by atoms with Crippen LogP contribution in [0.3, 0.4) is 0 Å². The van der Waals surface area contributed by atoms with Crippen LogP contribution < -0.4 is 4.72 Å². The normalized spacial score (nSPS) is 13.7. The molecular weight excluding hydrogens is 372 g/mol. The Bertz CT molecular complexity index is 756. The van der Waals surface area contributed by atoms with Crippen LogP contribution in [0.2, 0.25) is 0 Å². The van der Waals surface area contributed by atoms with Crippen LogP contribution in [-0.4, -0.2) is 34.5 Å². The molecule has 1 rings (SSSR count). The minimum Gasteiger partial charge on any atom is -0.466 e. The number of esters is 1. The van der Waals surface area contributed by atoms with Crippen molar-refractivity contribution in [1.82, 2.24) is 4.72 Å². The highest BCUT2D eigenvalue weighted by molar-refractivity contribution is 7.92. The van der Waals surface area contributed by atoms with Gasteiger partial charge >= 0.3 is 12.1 Å². The molecule has 0 radical (unpaired) electrons. The summed E-state index contributed by atoms with van der Waals surface area (Å²) in [5, 5.41) is 0. The maximum atomic E-state index is 12.8. The van der Waals surface area contributed by atoms with Gasteiger partial charge in [-0.25, -0.2) is 9.00 Å². The first kappa shape index (κ1) is 22.6. The van der Waals surface area contributed by atoms with Crippen molar-refractivity contribution >= 4 is 27.9 Å². The molecule has 0 aliphatic rings. The van der Waals surface area contributed by atoms with Crippen molar-refractivity contribution in [3.8, 4) is 0 Å². The smallest absolute Gasteiger partial charge is 0.443 e. The van der Waals surface area contributed by atoms with Crippen LogP contribution in [0.5, 0.6) is 0 Å². The van der Waals surface area contributed by atoms with E-state index < -0.39 is 28.0 Å². The van der Waals surface area contributed by atoms with Gasteiger partial charge in [0.25, 0.3) is 0 Å². The second-order valence-electron chi connectivity index (χ2n) is 5.93. The summed E-state index contributed by atoms with van der Waals surface area (Å²) in [6.45, 7) is 4.47. The number of rotatable bonds is 9. The number of hydrogen-bond donors (Lipinski definition) is 1. The summed E-state index contributed by atoms with van der Waals surface area (Å²) < 4.78 is 28.6. The lowest BCUT2D eigenvalue weighted by molar-refractivity contribution is -0.141. The van der Waals surface area contributed by atoms with Gasteiger partial charge < -0.3 is 9.47 Å². The molecule has 27 heavy (non-hydrogen) atoms. The Morgan fingerprint density at radius 3 is 2.37 bits per heavy atom. The van der Waals surface area contributed by atoms with Gasteiger partial charge in [-0.15, -0.1) is 4.36 Å². The molecule has 150 valence electrons. The fourth-order valence-electron chi connectivity index (χ4n) is 2.22. The van der Waals surface area contributed by atoms with E-state index in [0.29, 0.717) is 19.3 Å². The molecule has 0 spiro atoms. The number of carbonyl (C=O) groups excluding carboxylic acids is 3. The Morgan fingerprint density at radius 1 is 1.11 bits per heavy atom. The second kappa shape index (κ2) is 11.3. The van der Waals surface area contributed by atoms with Crippen molar-refractivity contribution in [2.45, 2.75) is 46.1 Å². The molecule has 0 saturated carbocycles. The zero-order chi connectivity index (χ0) is 20.3. The Morgan fingerprint density at radius 2 is 1.78 bits per heavy atom. The molecule has 1 aromatic carbocycles. The van der Waals surface area contributed by atoms with E-state index >= 15 is 0 Å². The molecule has 0 heterocycles. The van der Waals surface area contributed by atoms with Crippen LogP contribution >= 0.6 is 0 Å². The maximum absolute atomic E-state index is 12.8. The van der Waals surface area contributed by atoms with E-state index in [1.54, 1.807) is 19.1 Å². The highest BCUT2D eigenvalue weighted by atomic mass is 32.2. The number of amides is 2. The predicted molar refractivity (Wildman–Crippen MR) is 101 cm³/mol. The fourth-order valence-corrected chi connectivity index (χ4v) is 3.79. The van der Waals surface area contributed by atoms with Crippen molar-refractivity contribution in [3.63, 3.8) is 0 Å². The third-order valence-electron chi connectivity index (χ3n) is 3.44. The fraction of sp³-hybridized carbons (Fsp3) is 0.500. The number of hydrogen-bond acceptors (Lipinski definition) is 6. The molecule has 1 N–H and O–H groups in total. The first-order chi connectivity index (χ1) is 12.7. The van der Waals surface area contributed by atoms with Crippen LogP contribution in [0.4, 0.5) is 4.79 Å². The Kier molecular flexibility index (Phi) is 9.49. The average Bonchev–Trinajstić information content (AvgIpc) is 2.57. The molecule has 0 fully saturated rings. The van der Waals surface area contributed by atoms with Crippen molar-refractivity contribution < 1.29 is 28.1 Å². The van der Waals surface area contributed by atoms with Crippen LogP contribution in [-0.2, 0) is 29.0 Å². The third-order valence-corrected chi connectivity index (χ3v) is 5.33. The average molecular weight is 398 g/mol. The SMILES string of the molecule is CC(=O)NS(=O)(CCCCCOC(C)=O)=NC(=O)O[C@@H](C)c1ccccc1. The summed E-state index contributed by atoms with van der Waals surface area (Å²) in [6, 6.07) is 9.06. The van der Waals surface area contributed by atoms with Crippen LogP contribution in [0.1, 0.15) is 51.7 Å². The van der Waals surface area contributed by atoms with Gasteiger partial charge in [0.1, 0.15) is 16.0 Å². The van der Waals surface area contributed by atoms with E-state index in [1.165, 1.54) is 13.8 Å². The zero-order valence-electron chi connectivity index (χ0n) is 15.8. The highest BCUT2D eigenvalue weighted by Gasteiger charge is 2.17. The Labute approximate surface area is 159 Å². The van der Waals surface area contributed by atoms with Gasteiger partial charge in [-0.3, -0.25) is 14.3 Å². The molecule has 0 bridgehead atoms. The van der Waals surface area contributed by atoms with E-state index in [1.807, 2.05) is 18.2 Å². The molecule has 8 nitrogen and oxygen atoms in total. The first-order valence-corrected chi connectivity index (χ1v) is 10.3. The van der Waals surface area contributed by atoms with Gasteiger partial charge in [0.15, 0.2) is 0 Å². The summed E-state index contributed by atoms with van der Waals surface area (Å²) in [5.74, 6) is -0.906. The second-order valence-corrected chi connectivity index (χ2v) is 8.01. The lowest BCUT2D eigenvalue weighted by atomic mass is 10.1. The van der Waals surface area contributed by atoms with E-state index in [4.69, 9.17) is 9.47 Å². The molecule has 0 aliphatic heterocycles. The zero-order valence-corrected chi connectivity index (χ0v) is 16.6. The van der Waals surface area contributed by atoms with Crippen LogP contribution in [0.15, 0.2) is 34.7 Å². The number of benzene rings is 1. The highest BCUT2D eigenvalue weighted by Crippen LogP contribution is 2.17. The lowest BCUT2D eigenvalue weighted by Gasteiger charge is -2.13. The summed E-state index contributed by atoms with van der Waals surface area (Å²) >= 11 is 0. The lowest BCUT2D eigenvalue weighted by Crippen LogP contribution is -2.31. The van der Waals surface area contributed by atoms with E-state index in [9.17, 15) is 18.6 Å². The number of nitrogens with zero attached hydrogens (tertiary/aromatic N) is 1. The van der Waals surface area contributed by atoms with Crippen molar-refractivity contribution in [2.75, 3.05) is 12.4 Å². The third kappa shape index (κ3) is 9.74. The van der Waals surface area contributed by atoms with Gasteiger partial charge in [-0.1, -0.05) is 30.3 Å². The van der Waals surface area contributed by atoms with Crippen LogP contribution in [0, 0.1) is 0 Å². The quantitative estimate of drug-likeness (QED) is 0.505. The van der Waals surface area contributed by atoms with Crippen molar-refractivity contribution in [2.24, 2.45) is 4.36 Å². The predicted octanol–water partition coefficient (Wildman–Crippen LogP) is 3.14. The van der Waals surface area contributed by atoms with E-state index in [2.05, 4.69) is 9.08 Å². The topological polar surface area (TPSA) is 111 Å². The first-order valence-electron chi connectivity index (χ1n) is 8.64. The van der Waals surface area contributed by atoms with Gasteiger partial charge in [-0.2, -0.15) is 0 Å². The summed E-state index contributed by atoms with van der Waals surface area (Å²) in [5.41, 5.74) is 0.776. The van der Waals surface area contributed by atoms with Gasteiger partial charge in [0, 0.05) is 13.8 Å². The monoisotopic (exact) mass is 398 g/mol. The molecule has 2 atom stereocenters. The molecule has 2 amide bonds. The largest absolute Gasteiger partial charge is 0.466 e. The molecule has 0 aliphatic carbocycles. The molecule has 0 saturated heterocycles. The number of carbonyl (C=O) groups is 3. The molecule has 0 aromatic heterocycles. The van der Waals surface area contributed by atoms with Crippen molar-refractivity contribution in [1.29, 1.82) is 0 Å². The minimum atomic E-state index is -3.28. The number of nitrogens with one attached hydrogen (secondary N) is 1. The van der Waals surface area contributed by atoms with Gasteiger partial charge in [-0.05, 0) is 31.7 Å². The van der Waals surface area contributed by atoms with Crippen molar-refractivity contribution in [3.05, 3.63) is 35.9 Å². The molecule has 1 aromatic rings. The van der Waals surface area contributed by atoms with Gasteiger partial charge in [0.2, 0.25) is 5.91 Å². The summed E-state index contributed by atoms with van der Waals surface area (Å²) in [7, 11) is -3.28. The number of unbranched alkanes of at least 4 members (excludes halogenated alkanes) is 2. The minimum absolute atomic E-state index is 0.00146. The molecule has 1 unspecified atom stereocenters. The van der Waals surface area contributed by atoms with E-state index in [0.717, 1.165) is 5.56 Å². The maximum Gasteiger partial charge on any atom is 0.443 e. The Balaban J connectivity index is 2.66. The number of ether oxygens (including phenoxy) is 2. The summed E-state index contributed by atoms with van der Waals surface area (Å²) in [4.78, 5) is 34.1.